The standard InChI is InChI=1S/C15H21NO4/c1-9-6-7-10(2)12(8-9)20-15(4,5)14(19)16-11(3)13(17)18/h6-8,11H,1-5H3,(H,16,19)(H,17,18). The number of rotatable bonds is 5. The Kier molecular flexibility index (Phi) is 4.76. The largest absolute Gasteiger partial charge is 0.480 e. The molecular weight excluding hydrogens is 258 g/mol. The Morgan fingerprint density at radius 1 is 1.30 bits per heavy atom. The third-order valence-corrected chi connectivity index (χ3v) is 2.97. The van der Waals surface area contributed by atoms with Crippen molar-refractivity contribution in [1.82, 2.24) is 5.32 Å². The van der Waals surface area contributed by atoms with E-state index in [0.29, 0.717) is 5.75 Å². The van der Waals surface area contributed by atoms with Crippen molar-refractivity contribution >= 4 is 11.9 Å². The molecule has 110 valence electrons. The van der Waals surface area contributed by atoms with Gasteiger partial charge in [-0.15, -0.1) is 0 Å². The van der Waals surface area contributed by atoms with Crippen molar-refractivity contribution in [3.8, 4) is 5.75 Å². The number of carboxylic acids is 1. The van der Waals surface area contributed by atoms with Crippen molar-refractivity contribution in [2.75, 3.05) is 0 Å². The van der Waals surface area contributed by atoms with Gasteiger partial charge >= 0.3 is 5.97 Å². The molecule has 0 spiro atoms. The van der Waals surface area contributed by atoms with Gasteiger partial charge in [0.15, 0.2) is 5.60 Å². The first-order valence-electron chi connectivity index (χ1n) is 6.43. The van der Waals surface area contributed by atoms with Gasteiger partial charge in [0.25, 0.3) is 5.91 Å². The summed E-state index contributed by atoms with van der Waals surface area (Å²) in [5, 5.41) is 11.2. The van der Waals surface area contributed by atoms with Gasteiger partial charge in [-0.25, -0.2) is 0 Å². The molecule has 5 heteroatoms. The van der Waals surface area contributed by atoms with Crippen molar-refractivity contribution in [1.29, 1.82) is 0 Å². The van der Waals surface area contributed by atoms with Crippen LogP contribution in [0.4, 0.5) is 0 Å². The van der Waals surface area contributed by atoms with Crippen LogP contribution in [0, 0.1) is 13.8 Å². The number of aliphatic carboxylic acids is 1. The van der Waals surface area contributed by atoms with Crippen LogP contribution in [0.15, 0.2) is 18.2 Å². The zero-order chi connectivity index (χ0) is 15.5. The smallest absolute Gasteiger partial charge is 0.325 e. The van der Waals surface area contributed by atoms with Crippen molar-refractivity contribution in [3.63, 3.8) is 0 Å². The predicted molar refractivity (Wildman–Crippen MR) is 75.9 cm³/mol. The van der Waals surface area contributed by atoms with E-state index in [1.165, 1.54) is 6.92 Å². The van der Waals surface area contributed by atoms with Gasteiger partial charge in [-0.3, -0.25) is 9.59 Å². The van der Waals surface area contributed by atoms with E-state index >= 15 is 0 Å². The SMILES string of the molecule is Cc1ccc(C)c(OC(C)(C)C(=O)NC(C)C(=O)O)c1. The Labute approximate surface area is 118 Å². The van der Waals surface area contributed by atoms with Gasteiger partial charge in [-0.05, 0) is 51.8 Å². The van der Waals surface area contributed by atoms with Gasteiger partial charge in [0.05, 0.1) is 0 Å². The second-order valence-electron chi connectivity index (χ2n) is 5.41. The maximum Gasteiger partial charge on any atom is 0.325 e. The van der Waals surface area contributed by atoms with Gasteiger partial charge < -0.3 is 15.2 Å². The minimum atomic E-state index is -1.15. The lowest BCUT2D eigenvalue weighted by atomic mass is 10.1. The van der Waals surface area contributed by atoms with Gasteiger partial charge in [0, 0.05) is 0 Å². The van der Waals surface area contributed by atoms with Crippen molar-refractivity contribution in [2.24, 2.45) is 0 Å². The number of ether oxygens (including phenoxy) is 1. The average molecular weight is 279 g/mol. The molecule has 0 radical (unpaired) electrons. The van der Waals surface area contributed by atoms with E-state index in [4.69, 9.17) is 9.84 Å². The molecule has 0 aliphatic carbocycles. The summed E-state index contributed by atoms with van der Waals surface area (Å²) < 4.78 is 5.75. The average Bonchev–Trinajstić information content (AvgIpc) is 2.33. The van der Waals surface area contributed by atoms with Gasteiger partial charge in [0.1, 0.15) is 11.8 Å². The highest BCUT2D eigenvalue weighted by molar-refractivity contribution is 5.88. The fraction of sp³-hybridized carbons (Fsp3) is 0.467. The summed E-state index contributed by atoms with van der Waals surface area (Å²) in [6.07, 6.45) is 0. The van der Waals surface area contributed by atoms with Crippen LogP contribution in [0.25, 0.3) is 0 Å². The fourth-order valence-electron chi connectivity index (χ4n) is 1.57. The van der Waals surface area contributed by atoms with E-state index < -0.39 is 23.5 Å². The molecule has 0 bridgehead atoms. The van der Waals surface area contributed by atoms with Crippen LogP contribution in [0.3, 0.4) is 0 Å². The summed E-state index contributed by atoms with van der Waals surface area (Å²) >= 11 is 0. The molecule has 0 saturated heterocycles. The number of nitrogens with one attached hydrogen (secondary N) is 1. The van der Waals surface area contributed by atoms with Gasteiger partial charge in [0.2, 0.25) is 0 Å². The lowest BCUT2D eigenvalue weighted by Crippen LogP contribution is -2.51. The molecule has 1 rings (SSSR count). The minimum absolute atomic E-state index is 0.465. The Bertz CT molecular complexity index is 523. The molecule has 1 unspecified atom stereocenters. The summed E-state index contributed by atoms with van der Waals surface area (Å²) in [5.41, 5.74) is 0.797. The zero-order valence-electron chi connectivity index (χ0n) is 12.5. The second kappa shape index (κ2) is 5.94. The summed E-state index contributed by atoms with van der Waals surface area (Å²) in [6, 6.07) is 4.77. The Balaban J connectivity index is 2.85. The molecule has 1 aromatic carbocycles. The first-order valence-corrected chi connectivity index (χ1v) is 6.43. The first kappa shape index (κ1) is 16.0. The summed E-state index contributed by atoms with van der Waals surface area (Å²) in [5.74, 6) is -0.928. The number of carbonyl (C=O) groups excluding carboxylic acids is 1. The Hall–Kier alpha value is -2.04. The topological polar surface area (TPSA) is 75.6 Å². The maximum absolute atomic E-state index is 12.1. The van der Waals surface area contributed by atoms with Crippen LogP contribution in [0.5, 0.6) is 5.75 Å². The second-order valence-corrected chi connectivity index (χ2v) is 5.41. The Morgan fingerprint density at radius 2 is 1.90 bits per heavy atom. The molecule has 0 heterocycles. The van der Waals surface area contributed by atoms with Crippen LogP contribution in [0.1, 0.15) is 31.9 Å². The molecule has 1 atom stereocenters. The zero-order valence-corrected chi connectivity index (χ0v) is 12.5. The molecular formula is C15H21NO4. The summed E-state index contributed by atoms with van der Waals surface area (Å²) in [6.45, 7) is 8.46. The molecule has 0 aliphatic rings. The van der Waals surface area contributed by atoms with E-state index in [1.807, 2.05) is 32.0 Å². The molecule has 20 heavy (non-hydrogen) atoms. The van der Waals surface area contributed by atoms with Gasteiger partial charge in [-0.2, -0.15) is 0 Å². The van der Waals surface area contributed by atoms with E-state index in [-0.39, 0.29) is 0 Å². The van der Waals surface area contributed by atoms with Crippen molar-refractivity contribution in [3.05, 3.63) is 29.3 Å². The fourth-order valence-corrected chi connectivity index (χ4v) is 1.57. The number of aryl methyl sites for hydroxylation is 2. The highest BCUT2D eigenvalue weighted by Crippen LogP contribution is 2.24. The quantitative estimate of drug-likeness (QED) is 0.865. The molecule has 0 fully saturated rings. The highest BCUT2D eigenvalue weighted by Gasteiger charge is 2.32. The lowest BCUT2D eigenvalue weighted by Gasteiger charge is -2.27. The highest BCUT2D eigenvalue weighted by atomic mass is 16.5. The molecule has 5 nitrogen and oxygen atoms in total. The Morgan fingerprint density at radius 3 is 2.45 bits per heavy atom. The van der Waals surface area contributed by atoms with E-state index in [1.54, 1.807) is 13.8 Å². The predicted octanol–water partition coefficient (Wildman–Crippen LogP) is 2.05. The maximum atomic E-state index is 12.1. The molecule has 1 amide bonds. The number of carboxylic acid groups (broad SMARTS) is 1. The minimum Gasteiger partial charge on any atom is -0.480 e. The molecule has 0 aliphatic heterocycles. The monoisotopic (exact) mass is 279 g/mol. The third kappa shape index (κ3) is 3.98. The van der Waals surface area contributed by atoms with Crippen LogP contribution in [0.2, 0.25) is 0 Å². The van der Waals surface area contributed by atoms with Crippen LogP contribution in [-0.2, 0) is 9.59 Å². The lowest BCUT2D eigenvalue weighted by molar-refractivity contribution is -0.144. The van der Waals surface area contributed by atoms with Crippen LogP contribution < -0.4 is 10.1 Å². The molecule has 1 aromatic rings. The number of carbonyl (C=O) groups is 2. The van der Waals surface area contributed by atoms with Crippen molar-refractivity contribution < 1.29 is 19.4 Å². The summed E-state index contributed by atoms with van der Waals surface area (Å²) in [7, 11) is 0. The number of amides is 1. The van der Waals surface area contributed by atoms with Gasteiger partial charge in [-0.1, -0.05) is 12.1 Å². The number of hydrogen-bond donors (Lipinski definition) is 2. The van der Waals surface area contributed by atoms with Crippen molar-refractivity contribution in [2.45, 2.75) is 46.3 Å². The number of benzene rings is 1. The normalized spacial score (nSPS) is 12.7. The van der Waals surface area contributed by atoms with E-state index in [0.717, 1.165) is 11.1 Å². The molecule has 0 saturated carbocycles. The third-order valence-electron chi connectivity index (χ3n) is 2.97. The number of hydrogen-bond acceptors (Lipinski definition) is 3. The molecule has 2 N–H and O–H groups in total. The van der Waals surface area contributed by atoms with E-state index in [9.17, 15) is 9.59 Å². The van der Waals surface area contributed by atoms with Crippen LogP contribution in [-0.4, -0.2) is 28.6 Å². The summed E-state index contributed by atoms with van der Waals surface area (Å²) in [4.78, 5) is 22.8. The van der Waals surface area contributed by atoms with Crippen LogP contribution >= 0.6 is 0 Å². The molecule has 0 aromatic heterocycles. The van der Waals surface area contributed by atoms with E-state index in [2.05, 4.69) is 5.32 Å². The first-order chi connectivity index (χ1) is 9.13.